The van der Waals surface area contributed by atoms with Crippen LogP contribution >= 0.6 is 0 Å². The van der Waals surface area contributed by atoms with Gasteiger partial charge in [0.05, 0.1) is 16.5 Å². The summed E-state index contributed by atoms with van der Waals surface area (Å²) in [6, 6.07) is 3.16. The number of aromatic carboxylic acids is 1. The fraction of sp³-hybridized carbons (Fsp3) is 0.467. The summed E-state index contributed by atoms with van der Waals surface area (Å²) >= 11 is 0. The van der Waals surface area contributed by atoms with E-state index in [-0.39, 0.29) is 38.7 Å². The second kappa shape index (κ2) is 10.9. The number of carboxylic acid groups (broad SMARTS) is 2. The molecule has 1 fully saturated rings. The summed E-state index contributed by atoms with van der Waals surface area (Å²) in [7, 11) is 0. The van der Waals surface area contributed by atoms with Gasteiger partial charge < -0.3 is 31.3 Å². The molecule has 2 N–H and O–H groups in total. The van der Waals surface area contributed by atoms with Gasteiger partial charge in [-0.15, -0.1) is 0 Å². The molecule has 1 aromatic rings. The fourth-order valence-corrected chi connectivity index (χ4v) is 2.41. The van der Waals surface area contributed by atoms with Gasteiger partial charge >= 0.3 is 21.1 Å². The van der Waals surface area contributed by atoms with Crippen LogP contribution in [0.25, 0.3) is 11.5 Å². The smallest absolute Gasteiger partial charge is 0.676 e. The number of carboxylic acids is 2. The van der Waals surface area contributed by atoms with E-state index >= 15 is 0 Å². The van der Waals surface area contributed by atoms with Crippen LogP contribution in [0.2, 0.25) is 0 Å². The van der Waals surface area contributed by atoms with Crippen molar-refractivity contribution in [2.75, 3.05) is 0 Å². The van der Waals surface area contributed by atoms with Crippen molar-refractivity contribution >= 4 is 17.6 Å². The Kier molecular flexibility index (Phi) is 10.1. The molecule has 9 nitrogen and oxygen atoms in total. The van der Waals surface area contributed by atoms with Crippen LogP contribution < -0.4 is 10.2 Å². The number of nitro groups is 1. The summed E-state index contributed by atoms with van der Waals surface area (Å²) in [4.78, 5) is 30.6. The number of aliphatic carboxylic acids is 1. The summed E-state index contributed by atoms with van der Waals surface area (Å²) in [6.07, 6.45) is 3.53. The second-order valence-electron chi connectivity index (χ2n) is 5.40. The Morgan fingerprint density at radius 3 is 2.00 bits per heavy atom. The number of nitro benzene ring substituents is 1. The zero-order valence-corrected chi connectivity index (χ0v) is 15.4. The van der Waals surface area contributed by atoms with Gasteiger partial charge in [0.25, 0.3) is 5.69 Å². The summed E-state index contributed by atoms with van der Waals surface area (Å²) in [5.74, 6) is -3.31. The van der Waals surface area contributed by atoms with E-state index < -0.39 is 34.5 Å². The van der Waals surface area contributed by atoms with Gasteiger partial charge in [0.15, 0.2) is 0 Å². The molecule has 0 spiro atoms. The number of nitrogens with zero attached hydrogens (tertiary/aromatic N) is 1. The maximum atomic E-state index is 10.7. The van der Waals surface area contributed by atoms with Crippen molar-refractivity contribution in [2.24, 2.45) is 0 Å². The molecule has 2 rings (SSSR count). The van der Waals surface area contributed by atoms with Crippen LogP contribution in [0.15, 0.2) is 18.2 Å². The fourth-order valence-electron chi connectivity index (χ4n) is 2.41. The van der Waals surface area contributed by atoms with Crippen LogP contribution in [0.1, 0.15) is 41.6 Å². The second-order valence-corrected chi connectivity index (χ2v) is 5.40. The number of nitrogens with one attached hydrogen (secondary N) is 2. The molecule has 25 heavy (non-hydrogen) atoms. The summed E-state index contributed by atoms with van der Waals surface area (Å²) in [5.41, 5.74) is 12.9. The van der Waals surface area contributed by atoms with E-state index in [1.807, 2.05) is 0 Å². The van der Waals surface area contributed by atoms with Crippen molar-refractivity contribution < 1.29 is 45.8 Å². The van der Waals surface area contributed by atoms with E-state index in [2.05, 4.69) is 0 Å². The van der Waals surface area contributed by atoms with Crippen LogP contribution in [-0.2, 0) is 32.3 Å². The van der Waals surface area contributed by atoms with Gasteiger partial charge in [-0.25, -0.2) is 0 Å². The standard InChI is InChI=1S/C9H7NO6.C6H12N2.Pt/c11-7(12)4-5-2-1-3-6(10(15)16)8(5)9(13)14;7-5-3-1-2-4-6(5)8;/h1-3H,4H2,(H,11,12)(H,13,14);5-8H,1-4H2;/q;-2;+4/p-2. The monoisotopic (exact) mass is 530 g/mol. The van der Waals surface area contributed by atoms with Crippen LogP contribution in [0.4, 0.5) is 5.69 Å². The maximum absolute atomic E-state index is 10.7. The third-order valence-corrected chi connectivity index (χ3v) is 3.63. The van der Waals surface area contributed by atoms with Gasteiger partial charge in [-0.2, -0.15) is 12.1 Å². The molecule has 0 aromatic heterocycles. The van der Waals surface area contributed by atoms with Gasteiger partial charge in [-0.1, -0.05) is 37.8 Å². The molecule has 1 aliphatic carbocycles. The molecule has 1 aromatic carbocycles. The average Bonchev–Trinajstić information content (AvgIpc) is 2.49. The number of carbonyl (C=O) groups is 2. The first kappa shape index (κ1) is 23.2. The molecule has 1 aliphatic rings. The Morgan fingerprint density at radius 1 is 1.12 bits per heavy atom. The summed E-state index contributed by atoms with van der Waals surface area (Å²) in [6.45, 7) is 0. The number of carbonyl (C=O) groups excluding carboxylic acids is 2. The molecule has 0 heterocycles. The van der Waals surface area contributed by atoms with Crippen molar-refractivity contribution in [3.05, 3.63) is 50.9 Å². The van der Waals surface area contributed by atoms with E-state index in [1.54, 1.807) is 0 Å². The zero-order valence-electron chi connectivity index (χ0n) is 13.1. The summed E-state index contributed by atoms with van der Waals surface area (Å²) in [5, 5.41) is 31.5. The van der Waals surface area contributed by atoms with Gasteiger partial charge in [0, 0.05) is 18.5 Å². The molecule has 10 heteroatoms. The van der Waals surface area contributed by atoms with Crippen molar-refractivity contribution in [1.82, 2.24) is 0 Å². The normalized spacial score (nSPS) is 19.0. The minimum Gasteiger partial charge on any atom is -0.676 e. The Hall–Kier alpha value is -1.83. The van der Waals surface area contributed by atoms with E-state index in [9.17, 15) is 29.9 Å². The minimum absolute atomic E-state index is 0. The first-order valence-electron chi connectivity index (χ1n) is 7.33. The number of hydrogen-bond donors (Lipinski definition) is 0. The van der Waals surface area contributed by atoms with Crippen LogP contribution in [0.3, 0.4) is 0 Å². The number of hydrogen-bond acceptors (Lipinski definition) is 6. The van der Waals surface area contributed by atoms with E-state index in [0.29, 0.717) is 0 Å². The minimum atomic E-state index is -1.79. The van der Waals surface area contributed by atoms with Gasteiger partial charge in [0.2, 0.25) is 0 Å². The molecule has 0 amide bonds. The quantitative estimate of drug-likeness (QED) is 0.409. The Labute approximate surface area is 158 Å². The molecule has 1 saturated carbocycles. The molecule has 0 aliphatic heterocycles. The number of rotatable bonds is 4. The van der Waals surface area contributed by atoms with E-state index in [1.165, 1.54) is 18.9 Å². The summed E-state index contributed by atoms with van der Waals surface area (Å²) < 4.78 is 0. The topological polar surface area (TPSA) is 171 Å². The third kappa shape index (κ3) is 7.29. The molecule has 2 unspecified atom stereocenters. The van der Waals surface area contributed by atoms with Crippen molar-refractivity contribution in [3.63, 3.8) is 0 Å². The third-order valence-electron chi connectivity index (χ3n) is 3.63. The van der Waals surface area contributed by atoms with Gasteiger partial charge in [0.1, 0.15) is 0 Å². The first-order chi connectivity index (χ1) is 11.2. The van der Waals surface area contributed by atoms with E-state index in [4.69, 9.17) is 11.5 Å². The Morgan fingerprint density at radius 2 is 1.64 bits per heavy atom. The predicted octanol–water partition coefficient (Wildman–Crippen LogP) is 0.650. The largest absolute Gasteiger partial charge is 4.00 e. The zero-order chi connectivity index (χ0) is 18.3. The van der Waals surface area contributed by atoms with Gasteiger partial charge in [-0.3, -0.25) is 10.1 Å². The van der Waals surface area contributed by atoms with Crippen molar-refractivity contribution in [3.8, 4) is 0 Å². The first-order valence-corrected chi connectivity index (χ1v) is 7.33. The maximum Gasteiger partial charge on any atom is 4.00 e. The van der Waals surface area contributed by atoms with Crippen LogP contribution in [-0.4, -0.2) is 28.9 Å². The van der Waals surface area contributed by atoms with Crippen LogP contribution in [0.5, 0.6) is 0 Å². The molecule has 138 valence electrons. The molecule has 0 bridgehead atoms. The van der Waals surface area contributed by atoms with Gasteiger partial charge in [-0.05, 0) is 5.56 Å². The van der Waals surface area contributed by atoms with Crippen molar-refractivity contribution in [2.45, 2.75) is 44.2 Å². The van der Waals surface area contributed by atoms with E-state index in [0.717, 1.165) is 25.0 Å². The predicted molar refractivity (Wildman–Crippen MR) is 80.8 cm³/mol. The molecular weight excluding hydrogens is 513 g/mol. The molecule has 0 saturated heterocycles. The van der Waals surface area contributed by atoms with Crippen LogP contribution in [0, 0.1) is 10.1 Å². The van der Waals surface area contributed by atoms with Crippen molar-refractivity contribution in [1.29, 1.82) is 0 Å². The molecule has 0 radical (unpaired) electrons. The Balaban J connectivity index is 0.000000540. The number of benzene rings is 1. The molecule has 2 atom stereocenters. The average molecular weight is 530 g/mol. The Bertz CT molecular complexity index is 615. The SMILES string of the molecule is O=C([O-])Cc1cccc([N+](=O)[O-])c1C(=O)[O-].[NH-]C1CCCCC1[NH-].[Pt+4]. The molecular formula is C15H17N3O6Pt.